The largest absolute Gasteiger partial charge is 0.304 e. The number of anilines is 1. The molecule has 0 saturated carbocycles. The number of fused-ring (bicyclic) bond motifs is 1. The van der Waals surface area contributed by atoms with Gasteiger partial charge >= 0.3 is 0 Å². The number of carbonyl (C=O) groups is 1. The van der Waals surface area contributed by atoms with Crippen molar-refractivity contribution >= 4 is 17.4 Å². The van der Waals surface area contributed by atoms with Crippen LogP contribution in [0.2, 0.25) is 0 Å². The van der Waals surface area contributed by atoms with E-state index in [0.717, 1.165) is 16.8 Å². The van der Waals surface area contributed by atoms with Crippen LogP contribution < -0.4 is 5.32 Å². The standard InChI is InChI=1S/C19H16N6O/c1-12-5-3-6-14(11-12)15-8-9-17-21-13(2)18(25(17)24-15)19(26)22-16-7-4-10-20-23-16/h3-11H,1-2H3,(H,22,23,26). The van der Waals surface area contributed by atoms with Crippen molar-refractivity contribution in [1.82, 2.24) is 24.8 Å². The average molecular weight is 344 g/mol. The number of amides is 1. The Hall–Kier alpha value is -3.61. The molecule has 0 atom stereocenters. The van der Waals surface area contributed by atoms with Gasteiger partial charge in [-0.2, -0.15) is 10.2 Å². The number of benzene rings is 1. The van der Waals surface area contributed by atoms with Crippen LogP contribution in [0, 0.1) is 13.8 Å². The van der Waals surface area contributed by atoms with E-state index in [1.54, 1.807) is 29.8 Å². The number of rotatable bonds is 3. The minimum Gasteiger partial charge on any atom is -0.304 e. The molecule has 0 radical (unpaired) electrons. The first kappa shape index (κ1) is 15.9. The number of aryl methyl sites for hydroxylation is 2. The topological polar surface area (TPSA) is 85.1 Å². The summed E-state index contributed by atoms with van der Waals surface area (Å²) in [4.78, 5) is 17.2. The highest BCUT2D eigenvalue weighted by Gasteiger charge is 2.19. The van der Waals surface area contributed by atoms with Gasteiger partial charge < -0.3 is 5.32 Å². The lowest BCUT2D eigenvalue weighted by Crippen LogP contribution is -2.17. The van der Waals surface area contributed by atoms with Crippen LogP contribution in [0.3, 0.4) is 0 Å². The summed E-state index contributed by atoms with van der Waals surface area (Å²) in [7, 11) is 0. The summed E-state index contributed by atoms with van der Waals surface area (Å²) in [6.07, 6.45) is 1.55. The van der Waals surface area contributed by atoms with Crippen molar-refractivity contribution in [2.45, 2.75) is 13.8 Å². The summed E-state index contributed by atoms with van der Waals surface area (Å²) in [6.45, 7) is 3.82. The van der Waals surface area contributed by atoms with Gasteiger partial charge in [-0.05, 0) is 44.2 Å². The van der Waals surface area contributed by atoms with Crippen LogP contribution in [-0.2, 0) is 0 Å². The van der Waals surface area contributed by atoms with Crippen molar-refractivity contribution in [1.29, 1.82) is 0 Å². The highest BCUT2D eigenvalue weighted by molar-refractivity contribution is 6.03. The van der Waals surface area contributed by atoms with E-state index in [1.165, 1.54) is 0 Å². The molecule has 3 heterocycles. The van der Waals surface area contributed by atoms with Crippen LogP contribution >= 0.6 is 0 Å². The van der Waals surface area contributed by atoms with Crippen molar-refractivity contribution in [2.24, 2.45) is 0 Å². The van der Waals surface area contributed by atoms with Gasteiger partial charge in [0, 0.05) is 11.8 Å². The number of carbonyl (C=O) groups excluding carboxylic acids is 1. The average Bonchev–Trinajstić information content (AvgIpc) is 2.97. The minimum absolute atomic E-state index is 0.329. The highest BCUT2D eigenvalue weighted by atomic mass is 16.2. The Balaban J connectivity index is 1.78. The summed E-state index contributed by atoms with van der Waals surface area (Å²) >= 11 is 0. The predicted molar refractivity (Wildman–Crippen MR) is 97.9 cm³/mol. The zero-order valence-corrected chi connectivity index (χ0v) is 14.3. The van der Waals surface area contributed by atoms with Crippen LogP contribution in [0.5, 0.6) is 0 Å². The molecule has 7 nitrogen and oxygen atoms in total. The highest BCUT2D eigenvalue weighted by Crippen LogP contribution is 2.20. The number of aromatic nitrogens is 5. The van der Waals surface area contributed by atoms with Crippen LogP contribution in [-0.4, -0.2) is 30.7 Å². The molecule has 0 unspecified atom stereocenters. The van der Waals surface area contributed by atoms with Gasteiger partial charge in [-0.15, -0.1) is 5.10 Å². The van der Waals surface area contributed by atoms with Crippen LogP contribution in [0.1, 0.15) is 21.7 Å². The second kappa shape index (κ2) is 6.36. The molecular formula is C19H16N6O. The molecule has 1 N–H and O–H groups in total. The van der Waals surface area contributed by atoms with Crippen LogP contribution in [0.15, 0.2) is 54.7 Å². The third kappa shape index (κ3) is 2.90. The third-order valence-corrected chi connectivity index (χ3v) is 3.99. The van der Waals surface area contributed by atoms with E-state index >= 15 is 0 Å². The lowest BCUT2D eigenvalue weighted by Gasteiger charge is -2.06. The van der Waals surface area contributed by atoms with Gasteiger partial charge in [-0.1, -0.05) is 23.8 Å². The SMILES string of the molecule is Cc1cccc(-c2ccc3nc(C)c(C(=O)Nc4cccnn4)n3n2)c1. The molecule has 0 aliphatic carbocycles. The molecule has 0 saturated heterocycles. The molecule has 0 fully saturated rings. The molecule has 3 aromatic heterocycles. The van der Waals surface area contributed by atoms with Gasteiger partial charge in [0.15, 0.2) is 17.2 Å². The molecule has 0 aliphatic rings. The van der Waals surface area contributed by atoms with E-state index in [0.29, 0.717) is 22.9 Å². The van der Waals surface area contributed by atoms with E-state index in [1.807, 2.05) is 37.3 Å². The normalized spacial score (nSPS) is 10.8. The maximum Gasteiger partial charge on any atom is 0.277 e. The fourth-order valence-electron chi connectivity index (χ4n) is 2.81. The van der Waals surface area contributed by atoms with E-state index in [2.05, 4.69) is 31.7 Å². The second-order valence-corrected chi connectivity index (χ2v) is 5.97. The van der Waals surface area contributed by atoms with Gasteiger partial charge in [0.1, 0.15) is 0 Å². The zero-order chi connectivity index (χ0) is 18.1. The number of hydrogen-bond acceptors (Lipinski definition) is 5. The van der Waals surface area contributed by atoms with E-state index in [9.17, 15) is 4.79 Å². The van der Waals surface area contributed by atoms with Gasteiger partial charge in [0.25, 0.3) is 5.91 Å². The number of imidazole rings is 1. The molecule has 128 valence electrons. The molecule has 4 rings (SSSR count). The number of hydrogen-bond donors (Lipinski definition) is 1. The van der Waals surface area contributed by atoms with Crippen molar-refractivity contribution in [3.8, 4) is 11.3 Å². The van der Waals surface area contributed by atoms with Crippen LogP contribution in [0.4, 0.5) is 5.82 Å². The smallest absolute Gasteiger partial charge is 0.277 e. The van der Waals surface area contributed by atoms with Crippen LogP contribution in [0.25, 0.3) is 16.9 Å². The maximum atomic E-state index is 12.7. The Bertz CT molecular complexity index is 1100. The minimum atomic E-state index is -0.329. The molecule has 0 spiro atoms. The molecule has 4 aromatic rings. The summed E-state index contributed by atoms with van der Waals surface area (Å²) in [5.74, 6) is 0.0473. The molecule has 0 aliphatic heterocycles. The molecule has 1 amide bonds. The Labute approximate surface area is 149 Å². The van der Waals surface area contributed by atoms with E-state index in [-0.39, 0.29) is 5.91 Å². The predicted octanol–water partition coefficient (Wildman–Crippen LogP) is 3.06. The number of nitrogens with one attached hydrogen (secondary N) is 1. The van der Waals surface area contributed by atoms with Gasteiger partial charge in [-0.25, -0.2) is 9.50 Å². The quantitative estimate of drug-likeness (QED) is 0.617. The Kier molecular flexibility index (Phi) is 3.89. The second-order valence-electron chi connectivity index (χ2n) is 5.97. The Morgan fingerprint density at radius 1 is 1.08 bits per heavy atom. The fourth-order valence-corrected chi connectivity index (χ4v) is 2.81. The first-order valence-electron chi connectivity index (χ1n) is 8.14. The third-order valence-electron chi connectivity index (χ3n) is 3.99. The number of nitrogens with zero attached hydrogens (tertiary/aromatic N) is 5. The van der Waals surface area contributed by atoms with Gasteiger partial charge in [-0.3, -0.25) is 4.79 Å². The molecular weight excluding hydrogens is 328 g/mol. The van der Waals surface area contributed by atoms with Gasteiger partial charge in [0.2, 0.25) is 0 Å². The maximum absolute atomic E-state index is 12.7. The lowest BCUT2D eigenvalue weighted by molar-refractivity contribution is 0.101. The lowest BCUT2D eigenvalue weighted by atomic mass is 10.1. The van der Waals surface area contributed by atoms with Crippen molar-refractivity contribution in [3.05, 3.63) is 71.7 Å². The molecule has 1 aromatic carbocycles. The first-order valence-corrected chi connectivity index (χ1v) is 8.14. The summed E-state index contributed by atoms with van der Waals surface area (Å²) in [5, 5.41) is 15.0. The Morgan fingerprint density at radius 3 is 2.73 bits per heavy atom. The van der Waals surface area contributed by atoms with Crippen molar-refractivity contribution < 1.29 is 4.79 Å². The van der Waals surface area contributed by atoms with Crippen molar-refractivity contribution in [3.63, 3.8) is 0 Å². The molecule has 26 heavy (non-hydrogen) atoms. The monoisotopic (exact) mass is 344 g/mol. The Morgan fingerprint density at radius 2 is 1.96 bits per heavy atom. The fraction of sp³-hybridized carbons (Fsp3) is 0.105. The summed E-state index contributed by atoms with van der Waals surface area (Å²) in [6, 6.07) is 15.2. The van der Waals surface area contributed by atoms with E-state index in [4.69, 9.17) is 0 Å². The molecule has 0 bridgehead atoms. The first-order chi connectivity index (χ1) is 12.6. The van der Waals surface area contributed by atoms with Gasteiger partial charge in [0.05, 0.1) is 11.4 Å². The molecule has 7 heteroatoms. The zero-order valence-electron chi connectivity index (χ0n) is 14.3. The van der Waals surface area contributed by atoms with Crippen molar-refractivity contribution in [2.75, 3.05) is 5.32 Å². The summed E-state index contributed by atoms with van der Waals surface area (Å²) < 4.78 is 1.57. The van der Waals surface area contributed by atoms with E-state index < -0.39 is 0 Å². The summed E-state index contributed by atoms with van der Waals surface area (Å²) in [5.41, 5.74) is 4.49.